The van der Waals surface area contributed by atoms with Crippen molar-refractivity contribution >= 4 is 17.9 Å². The third-order valence-electron chi connectivity index (χ3n) is 12.6. The molecule has 0 fully saturated rings. The smallest absolute Gasteiger partial charge is 0.306 e. The molecule has 392 valence electrons. The Labute approximate surface area is 421 Å². The quantitative estimate of drug-likeness (QED) is 0.0262. The third kappa shape index (κ3) is 53.8. The van der Waals surface area contributed by atoms with E-state index in [2.05, 4.69) is 63.3 Å². The van der Waals surface area contributed by atoms with Crippen LogP contribution in [0.15, 0.2) is 72.9 Å². The van der Waals surface area contributed by atoms with Gasteiger partial charge < -0.3 is 14.2 Å². The zero-order valence-corrected chi connectivity index (χ0v) is 44.9. The van der Waals surface area contributed by atoms with E-state index in [9.17, 15) is 14.4 Å². The van der Waals surface area contributed by atoms with Crippen molar-refractivity contribution in [3.8, 4) is 0 Å². The summed E-state index contributed by atoms with van der Waals surface area (Å²) in [5.74, 6) is -0.920. The van der Waals surface area contributed by atoms with Gasteiger partial charge in [-0.05, 0) is 64.2 Å². The first kappa shape index (κ1) is 64.8. The second kappa shape index (κ2) is 56.4. The van der Waals surface area contributed by atoms with Crippen LogP contribution < -0.4 is 0 Å². The van der Waals surface area contributed by atoms with E-state index >= 15 is 0 Å². The minimum Gasteiger partial charge on any atom is -0.462 e. The number of carbonyl (C=O) groups is 3. The normalized spacial score (nSPS) is 12.6. The number of hydrogen-bond donors (Lipinski definition) is 0. The SMILES string of the molecule is CC/C=C/C=C/C=C/C=C/CCCCCC(=O)OCC(COC(=O)CCCCCCCCCCCC/C=C/C=C/CCCCC)OC(=O)CCCCCCCCCCCCCCCCCCCC. The number of allylic oxidation sites excluding steroid dienone is 12. The summed E-state index contributed by atoms with van der Waals surface area (Å²) in [7, 11) is 0. The van der Waals surface area contributed by atoms with Gasteiger partial charge in [0, 0.05) is 19.3 Å². The molecule has 0 heterocycles. The Morgan fingerprint density at radius 2 is 0.574 bits per heavy atom. The molecule has 6 nitrogen and oxygen atoms in total. The highest BCUT2D eigenvalue weighted by molar-refractivity contribution is 5.71. The summed E-state index contributed by atoms with van der Waals surface area (Å²) in [6, 6.07) is 0. The van der Waals surface area contributed by atoms with Gasteiger partial charge in [-0.25, -0.2) is 0 Å². The first-order chi connectivity index (χ1) is 33.5. The lowest BCUT2D eigenvalue weighted by Crippen LogP contribution is -2.30. The van der Waals surface area contributed by atoms with Crippen molar-refractivity contribution in [1.82, 2.24) is 0 Å². The fourth-order valence-electron chi connectivity index (χ4n) is 8.21. The predicted octanol–water partition coefficient (Wildman–Crippen LogP) is 19.4. The average Bonchev–Trinajstić information content (AvgIpc) is 3.34. The highest BCUT2D eigenvalue weighted by Gasteiger charge is 2.19. The van der Waals surface area contributed by atoms with Crippen LogP contribution in [0.25, 0.3) is 0 Å². The van der Waals surface area contributed by atoms with Gasteiger partial charge in [-0.3, -0.25) is 14.4 Å². The van der Waals surface area contributed by atoms with Crippen LogP contribution in [0.5, 0.6) is 0 Å². The second-order valence-corrected chi connectivity index (χ2v) is 19.3. The van der Waals surface area contributed by atoms with Crippen molar-refractivity contribution < 1.29 is 28.6 Å². The molecule has 0 aliphatic heterocycles. The van der Waals surface area contributed by atoms with E-state index in [0.717, 1.165) is 70.6 Å². The molecule has 0 aromatic heterocycles. The number of unbranched alkanes of at least 4 members (excludes halogenated alkanes) is 33. The Morgan fingerprint density at radius 1 is 0.309 bits per heavy atom. The Bertz CT molecular complexity index is 1270. The molecule has 0 amide bonds. The van der Waals surface area contributed by atoms with Gasteiger partial charge >= 0.3 is 17.9 Å². The first-order valence-corrected chi connectivity index (χ1v) is 29.0. The molecule has 1 unspecified atom stereocenters. The molecular formula is C62H108O6. The largest absolute Gasteiger partial charge is 0.462 e. The highest BCUT2D eigenvalue weighted by atomic mass is 16.6. The van der Waals surface area contributed by atoms with E-state index < -0.39 is 6.10 Å². The summed E-state index contributed by atoms with van der Waals surface area (Å²) >= 11 is 0. The maximum absolute atomic E-state index is 12.9. The monoisotopic (exact) mass is 949 g/mol. The third-order valence-corrected chi connectivity index (χ3v) is 12.6. The molecule has 0 saturated heterocycles. The van der Waals surface area contributed by atoms with Gasteiger partial charge in [0.25, 0.3) is 0 Å². The maximum Gasteiger partial charge on any atom is 0.306 e. The van der Waals surface area contributed by atoms with Crippen molar-refractivity contribution in [2.45, 2.75) is 290 Å². The fraction of sp³-hybridized carbons (Fsp3) is 0.758. The number of carbonyl (C=O) groups excluding carboxylic acids is 3. The van der Waals surface area contributed by atoms with E-state index in [4.69, 9.17) is 14.2 Å². The summed E-state index contributed by atoms with van der Waals surface area (Å²) < 4.78 is 16.8. The highest BCUT2D eigenvalue weighted by Crippen LogP contribution is 2.16. The molecule has 0 aliphatic carbocycles. The molecule has 1 atom stereocenters. The van der Waals surface area contributed by atoms with Crippen molar-refractivity contribution in [2.24, 2.45) is 0 Å². The molecule has 0 saturated carbocycles. The van der Waals surface area contributed by atoms with Crippen LogP contribution in [0.1, 0.15) is 284 Å². The first-order valence-electron chi connectivity index (χ1n) is 29.0. The minimum absolute atomic E-state index is 0.0878. The minimum atomic E-state index is -0.791. The van der Waals surface area contributed by atoms with Crippen LogP contribution in [0, 0.1) is 0 Å². The summed E-state index contributed by atoms with van der Waals surface area (Å²) in [6.45, 7) is 6.46. The summed E-state index contributed by atoms with van der Waals surface area (Å²) in [6.07, 6.45) is 71.8. The molecule has 0 spiro atoms. The summed E-state index contributed by atoms with van der Waals surface area (Å²) in [5, 5.41) is 0. The molecule has 0 radical (unpaired) electrons. The predicted molar refractivity (Wildman–Crippen MR) is 293 cm³/mol. The molecule has 0 N–H and O–H groups in total. The van der Waals surface area contributed by atoms with Crippen molar-refractivity contribution in [3.05, 3.63) is 72.9 Å². The van der Waals surface area contributed by atoms with Crippen LogP contribution >= 0.6 is 0 Å². The Morgan fingerprint density at radius 3 is 0.956 bits per heavy atom. The van der Waals surface area contributed by atoms with Crippen LogP contribution in [-0.2, 0) is 28.6 Å². The standard InChI is InChI=1S/C62H108O6/c1-4-7-10-13-16-19-22-25-27-29-31-33-34-37-40-43-46-49-52-55-61(64)67-58-59(57-66-60(63)54-51-48-45-42-39-36-24-21-18-15-12-9-6-3)68-62(65)56-53-50-47-44-41-38-35-32-30-28-26-23-20-17-14-11-8-5-2/h9,12,15-16,18-19,21-22,24-25,36,39,59H,4-8,10-11,13-14,17,20,23,26-35,37-38,40-58H2,1-3H3/b12-9+,18-15+,19-16+,24-21+,25-22+,39-36+. The summed E-state index contributed by atoms with van der Waals surface area (Å²) in [5.41, 5.74) is 0. The lowest BCUT2D eigenvalue weighted by Gasteiger charge is -2.18. The topological polar surface area (TPSA) is 78.9 Å². The van der Waals surface area contributed by atoms with Crippen LogP contribution in [0.4, 0.5) is 0 Å². The van der Waals surface area contributed by atoms with Gasteiger partial charge in [0.1, 0.15) is 13.2 Å². The maximum atomic E-state index is 12.9. The Hall–Kier alpha value is -3.15. The molecular weight excluding hydrogens is 841 g/mol. The molecule has 0 aromatic rings. The lowest BCUT2D eigenvalue weighted by atomic mass is 10.0. The molecule has 0 rings (SSSR count). The van der Waals surface area contributed by atoms with Gasteiger partial charge in [0.2, 0.25) is 0 Å². The number of hydrogen-bond acceptors (Lipinski definition) is 6. The molecule has 0 aromatic carbocycles. The van der Waals surface area contributed by atoms with E-state index in [1.165, 1.54) is 173 Å². The molecule has 0 aliphatic rings. The molecule has 0 bridgehead atoms. The zero-order chi connectivity index (χ0) is 49.3. The molecule has 6 heteroatoms. The number of rotatable bonds is 52. The van der Waals surface area contributed by atoms with Gasteiger partial charge in [0.15, 0.2) is 6.10 Å². The van der Waals surface area contributed by atoms with Gasteiger partial charge in [0.05, 0.1) is 0 Å². The Kier molecular flexibility index (Phi) is 53.8. The van der Waals surface area contributed by atoms with E-state index in [1.54, 1.807) is 0 Å². The molecule has 68 heavy (non-hydrogen) atoms. The van der Waals surface area contributed by atoms with Crippen LogP contribution in [0.3, 0.4) is 0 Å². The fourth-order valence-corrected chi connectivity index (χ4v) is 8.21. The van der Waals surface area contributed by atoms with Crippen LogP contribution in [-0.4, -0.2) is 37.2 Å². The van der Waals surface area contributed by atoms with E-state index in [-0.39, 0.29) is 31.1 Å². The summed E-state index contributed by atoms with van der Waals surface area (Å²) in [4.78, 5) is 38.1. The lowest BCUT2D eigenvalue weighted by molar-refractivity contribution is -0.167. The zero-order valence-electron chi connectivity index (χ0n) is 44.9. The van der Waals surface area contributed by atoms with E-state index in [1.807, 2.05) is 30.4 Å². The second-order valence-electron chi connectivity index (χ2n) is 19.3. The van der Waals surface area contributed by atoms with Gasteiger partial charge in [-0.2, -0.15) is 0 Å². The van der Waals surface area contributed by atoms with Crippen molar-refractivity contribution in [3.63, 3.8) is 0 Å². The van der Waals surface area contributed by atoms with Crippen LogP contribution in [0.2, 0.25) is 0 Å². The van der Waals surface area contributed by atoms with Gasteiger partial charge in [-0.1, -0.05) is 273 Å². The van der Waals surface area contributed by atoms with Gasteiger partial charge in [-0.15, -0.1) is 0 Å². The van der Waals surface area contributed by atoms with Crippen molar-refractivity contribution in [2.75, 3.05) is 13.2 Å². The van der Waals surface area contributed by atoms with Crippen molar-refractivity contribution in [1.29, 1.82) is 0 Å². The van der Waals surface area contributed by atoms with E-state index in [0.29, 0.717) is 19.3 Å². The Balaban J connectivity index is 4.37. The average molecular weight is 950 g/mol. The number of ether oxygens (including phenoxy) is 3. The number of esters is 3.